The van der Waals surface area contributed by atoms with Crippen LogP contribution in [0.5, 0.6) is 5.75 Å². The third-order valence-electron chi connectivity index (χ3n) is 7.81. The Kier molecular flexibility index (Phi) is 10.7. The van der Waals surface area contributed by atoms with Crippen molar-refractivity contribution >= 4 is 17.9 Å². The van der Waals surface area contributed by atoms with Gasteiger partial charge in [0, 0.05) is 0 Å². The summed E-state index contributed by atoms with van der Waals surface area (Å²) in [7, 11) is 1.38. The fraction of sp³-hybridized carbons (Fsp3) is 0.195. The van der Waals surface area contributed by atoms with Crippen LogP contribution in [0.3, 0.4) is 0 Å². The van der Waals surface area contributed by atoms with Crippen molar-refractivity contribution in [2.75, 3.05) is 7.11 Å². The molecule has 0 atom stereocenters. The van der Waals surface area contributed by atoms with E-state index in [4.69, 9.17) is 18.9 Å². The van der Waals surface area contributed by atoms with E-state index < -0.39 is 11.9 Å². The standard InChI is InChI=1S/C41H38O7/c1-41(2,3)37-24-32(38(42)45-4)20-21-36(37)31-16-11-17-35(23-31)46-25-28-18-19-33(26-47-39(43)29-12-7-5-8-13-29)34(22-28)27-48-40(44)30-14-9-6-10-15-30/h5-24H,25-27H2,1-4H3. The quantitative estimate of drug-likeness (QED) is 0.105. The number of hydrogen-bond donors (Lipinski definition) is 0. The summed E-state index contributed by atoms with van der Waals surface area (Å²) in [6, 6.07) is 36.6. The molecule has 0 aromatic heterocycles. The molecule has 0 saturated heterocycles. The Hall–Kier alpha value is -5.69. The van der Waals surface area contributed by atoms with Crippen LogP contribution in [0.1, 0.15) is 74.1 Å². The molecule has 0 aliphatic heterocycles. The zero-order valence-corrected chi connectivity index (χ0v) is 27.5. The van der Waals surface area contributed by atoms with Gasteiger partial charge in [-0.25, -0.2) is 14.4 Å². The second-order valence-corrected chi connectivity index (χ2v) is 12.3. The molecule has 0 saturated carbocycles. The summed E-state index contributed by atoms with van der Waals surface area (Å²) < 4.78 is 22.4. The Bertz CT molecular complexity index is 1890. The van der Waals surface area contributed by atoms with Crippen molar-refractivity contribution < 1.29 is 33.3 Å². The lowest BCUT2D eigenvalue weighted by Crippen LogP contribution is -2.14. The third kappa shape index (κ3) is 8.56. The Morgan fingerprint density at radius 2 is 1.19 bits per heavy atom. The van der Waals surface area contributed by atoms with Crippen molar-refractivity contribution in [2.45, 2.75) is 46.0 Å². The van der Waals surface area contributed by atoms with Gasteiger partial charge in [0.15, 0.2) is 0 Å². The highest BCUT2D eigenvalue weighted by molar-refractivity contribution is 5.91. The van der Waals surface area contributed by atoms with Gasteiger partial charge in [-0.1, -0.05) is 87.5 Å². The maximum Gasteiger partial charge on any atom is 0.338 e. The highest BCUT2D eigenvalue weighted by atomic mass is 16.5. The zero-order valence-electron chi connectivity index (χ0n) is 27.5. The number of carbonyl (C=O) groups is 3. The Morgan fingerprint density at radius 1 is 0.562 bits per heavy atom. The molecule has 7 nitrogen and oxygen atoms in total. The summed E-state index contributed by atoms with van der Waals surface area (Å²) in [6.07, 6.45) is 0. The average molecular weight is 643 g/mol. The molecule has 0 unspecified atom stereocenters. The molecule has 0 heterocycles. The van der Waals surface area contributed by atoms with Crippen LogP contribution in [0.2, 0.25) is 0 Å². The van der Waals surface area contributed by atoms with Gasteiger partial charge in [0.25, 0.3) is 0 Å². The fourth-order valence-electron chi connectivity index (χ4n) is 5.23. The van der Waals surface area contributed by atoms with Gasteiger partial charge < -0.3 is 18.9 Å². The van der Waals surface area contributed by atoms with Crippen molar-refractivity contribution in [3.8, 4) is 16.9 Å². The first-order chi connectivity index (χ1) is 23.1. The molecule has 0 fully saturated rings. The van der Waals surface area contributed by atoms with E-state index in [9.17, 15) is 14.4 Å². The smallest absolute Gasteiger partial charge is 0.338 e. The van der Waals surface area contributed by atoms with Crippen molar-refractivity contribution in [3.05, 3.63) is 160 Å². The maximum atomic E-state index is 12.7. The summed E-state index contributed by atoms with van der Waals surface area (Å²) in [4.78, 5) is 37.6. The largest absolute Gasteiger partial charge is 0.489 e. The number of ether oxygens (including phenoxy) is 4. The predicted octanol–water partition coefficient (Wildman–Crippen LogP) is 8.73. The first-order valence-corrected chi connectivity index (χ1v) is 15.6. The minimum atomic E-state index is -0.449. The highest BCUT2D eigenvalue weighted by Gasteiger charge is 2.21. The van der Waals surface area contributed by atoms with Gasteiger partial charge in [0.05, 0.1) is 23.8 Å². The number of rotatable bonds is 11. The first-order valence-electron chi connectivity index (χ1n) is 15.6. The van der Waals surface area contributed by atoms with E-state index in [1.54, 1.807) is 54.6 Å². The van der Waals surface area contributed by atoms with Gasteiger partial charge in [-0.2, -0.15) is 0 Å². The Labute approximate surface area is 281 Å². The van der Waals surface area contributed by atoms with E-state index in [1.807, 2.05) is 66.7 Å². The van der Waals surface area contributed by atoms with Crippen LogP contribution in [0.25, 0.3) is 11.1 Å². The zero-order chi connectivity index (χ0) is 34.1. The second-order valence-electron chi connectivity index (χ2n) is 12.3. The molecule has 0 spiro atoms. The number of benzene rings is 5. The average Bonchev–Trinajstić information content (AvgIpc) is 3.12. The molecule has 0 N–H and O–H groups in total. The molecule has 0 amide bonds. The Balaban J connectivity index is 1.35. The number of esters is 3. The lowest BCUT2D eigenvalue weighted by molar-refractivity contribution is 0.0435. The van der Waals surface area contributed by atoms with Crippen LogP contribution in [0.4, 0.5) is 0 Å². The van der Waals surface area contributed by atoms with Crippen LogP contribution in [-0.4, -0.2) is 25.0 Å². The van der Waals surface area contributed by atoms with Crippen LogP contribution in [-0.2, 0) is 39.4 Å². The fourth-order valence-corrected chi connectivity index (χ4v) is 5.23. The van der Waals surface area contributed by atoms with E-state index in [-0.39, 0.29) is 31.2 Å². The summed E-state index contributed by atoms with van der Waals surface area (Å²) in [5.41, 5.74) is 6.42. The van der Waals surface area contributed by atoms with Crippen molar-refractivity contribution in [1.82, 2.24) is 0 Å². The molecule has 5 rings (SSSR count). The van der Waals surface area contributed by atoms with Crippen LogP contribution in [0.15, 0.2) is 121 Å². The van der Waals surface area contributed by atoms with E-state index in [0.717, 1.165) is 27.8 Å². The van der Waals surface area contributed by atoms with Gasteiger partial charge in [-0.05, 0) is 93.4 Å². The number of methoxy groups -OCH3 is 1. The Morgan fingerprint density at radius 3 is 1.79 bits per heavy atom. The van der Waals surface area contributed by atoms with Crippen LogP contribution < -0.4 is 4.74 Å². The first kappa shape index (κ1) is 33.7. The summed E-state index contributed by atoms with van der Waals surface area (Å²) in [6.45, 7) is 6.57. The topological polar surface area (TPSA) is 88.1 Å². The minimum Gasteiger partial charge on any atom is -0.489 e. The monoisotopic (exact) mass is 642 g/mol. The molecule has 7 heteroatoms. The maximum absolute atomic E-state index is 12.7. The molecule has 244 valence electrons. The molecule has 5 aromatic rings. The summed E-state index contributed by atoms with van der Waals surface area (Å²) in [5.74, 6) is -0.596. The van der Waals surface area contributed by atoms with Gasteiger partial charge in [-0.3, -0.25) is 0 Å². The molecular weight excluding hydrogens is 604 g/mol. The van der Waals surface area contributed by atoms with E-state index in [1.165, 1.54) is 7.11 Å². The normalized spacial score (nSPS) is 11.0. The molecule has 0 radical (unpaired) electrons. The van der Waals surface area contributed by atoms with Crippen molar-refractivity contribution in [3.63, 3.8) is 0 Å². The minimum absolute atomic E-state index is 0.00752. The molecule has 0 aliphatic rings. The van der Waals surface area contributed by atoms with Gasteiger partial charge in [0.1, 0.15) is 25.6 Å². The lowest BCUT2D eigenvalue weighted by atomic mass is 9.81. The number of carbonyl (C=O) groups excluding carboxylic acids is 3. The van der Waals surface area contributed by atoms with Crippen molar-refractivity contribution in [2.24, 2.45) is 0 Å². The summed E-state index contributed by atoms with van der Waals surface area (Å²) in [5, 5.41) is 0. The van der Waals surface area contributed by atoms with Gasteiger partial charge in [0.2, 0.25) is 0 Å². The van der Waals surface area contributed by atoms with E-state index >= 15 is 0 Å². The SMILES string of the molecule is COC(=O)c1ccc(-c2cccc(OCc3ccc(COC(=O)c4ccccc4)c(COC(=O)c4ccccc4)c3)c2)c(C(C)(C)C)c1. The molecule has 48 heavy (non-hydrogen) atoms. The highest BCUT2D eigenvalue weighted by Crippen LogP contribution is 2.35. The second kappa shape index (κ2) is 15.3. The van der Waals surface area contributed by atoms with Gasteiger partial charge in [-0.15, -0.1) is 0 Å². The van der Waals surface area contributed by atoms with Crippen LogP contribution >= 0.6 is 0 Å². The van der Waals surface area contributed by atoms with Crippen molar-refractivity contribution in [1.29, 1.82) is 0 Å². The third-order valence-corrected chi connectivity index (χ3v) is 7.81. The lowest BCUT2D eigenvalue weighted by Gasteiger charge is -2.24. The van der Waals surface area contributed by atoms with E-state index in [0.29, 0.717) is 28.0 Å². The molecule has 5 aromatic carbocycles. The van der Waals surface area contributed by atoms with E-state index in [2.05, 4.69) is 20.8 Å². The molecular formula is C41H38O7. The van der Waals surface area contributed by atoms with Crippen LogP contribution in [0, 0.1) is 0 Å². The summed E-state index contributed by atoms with van der Waals surface area (Å²) >= 11 is 0. The van der Waals surface area contributed by atoms with Gasteiger partial charge >= 0.3 is 17.9 Å². The molecule has 0 aliphatic carbocycles. The predicted molar refractivity (Wildman–Crippen MR) is 184 cm³/mol. The number of hydrogen-bond acceptors (Lipinski definition) is 7. The molecule has 0 bridgehead atoms.